The third-order valence-corrected chi connectivity index (χ3v) is 1.82. The average Bonchev–Trinajstić information content (AvgIpc) is 2.18. The van der Waals surface area contributed by atoms with E-state index in [2.05, 4.69) is 4.18 Å². The zero-order valence-electron chi connectivity index (χ0n) is 7.39. The predicted octanol–water partition coefficient (Wildman–Crippen LogP) is 1.17. The molecule has 0 aliphatic heterocycles. The fourth-order valence-electron chi connectivity index (χ4n) is 0.903. The molecule has 1 aromatic carbocycles. The number of carbonyl (C=O) groups excluding carboxylic acids is 1. The molecule has 0 aromatic heterocycles. The molecule has 0 bridgehead atoms. The van der Waals surface area contributed by atoms with Gasteiger partial charge in [0.05, 0.1) is 23.2 Å². The Hall–Kier alpha value is -0.490. The first-order valence-electron chi connectivity index (χ1n) is 3.73. The van der Waals surface area contributed by atoms with Crippen LogP contribution in [0.5, 0.6) is 0 Å². The van der Waals surface area contributed by atoms with E-state index in [0.717, 1.165) is 12.0 Å². The average molecular weight is 236 g/mol. The third-order valence-electron chi connectivity index (χ3n) is 1.50. The summed E-state index contributed by atoms with van der Waals surface area (Å²) in [4.78, 5) is 21.8. The minimum absolute atomic E-state index is 0. The molecule has 1 N–H and O–H groups in total. The van der Waals surface area contributed by atoms with Gasteiger partial charge in [0.15, 0.2) is 0 Å². The van der Waals surface area contributed by atoms with E-state index in [1.165, 1.54) is 24.3 Å². The zero-order chi connectivity index (χ0) is 10.6. The molecule has 0 spiro atoms. The Morgan fingerprint density at radius 3 is 2.47 bits per heavy atom. The first-order chi connectivity index (χ1) is 6.65. The Labute approximate surface area is 114 Å². The van der Waals surface area contributed by atoms with Gasteiger partial charge in [-0.3, -0.25) is 0 Å². The van der Waals surface area contributed by atoms with E-state index < -0.39 is 11.9 Å². The van der Waals surface area contributed by atoms with Crippen LogP contribution >= 0.6 is 12.0 Å². The maximum atomic E-state index is 11.2. The zero-order valence-corrected chi connectivity index (χ0v) is 8.21. The van der Waals surface area contributed by atoms with E-state index >= 15 is 0 Å². The third kappa shape index (κ3) is 4.25. The van der Waals surface area contributed by atoms with E-state index in [9.17, 15) is 9.59 Å². The molecule has 15 heavy (non-hydrogen) atoms. The molecule has 4 nitrogen and oxygen atoms in total. The standard InChI is InChI=1S/C9H8O4S.Na.H/c1-14-13-9(12)7-4-2-3-6(5-7)8(10)11;;/h2-5H,1H3,(H,10,11);;. The summed E-state index contributed by atoms with van der Waals surface area (Å²) in [7, 11) is 0. The van der Waals surface area contributed by atoms with Gasteiger partial charge in [-0.25, -0.2) is 9.59 Å². The van der Waals surface area contributed by atoms with Gasteiger partial charge in [0.2, 0.25) is 0 Å². The van der Waals surface area contributed by atoms with Gasteiger partial charge in [-0.15, -0.1) is 0 Å². The van der Waals surface area contributed by atoms with Crippen LogP contribution in [0.2, 0.25) is 0 Å². The number of hydrogen-bond donors (Lipinski definition) is 1. The van der Waals surface area contributed by atoms with Crippen LogP contribution in [-0.2, 0) is 4.18 Å². The van der Waals surface area contributed by atoms with Crippen molar-refractivity contribution >= 4 is 53.5 Å². The molecule has 0 saturated carbocycles. The number of carboxylic acids is 1. The van der Waals surface area contributed by atoms with Crippen LogP contribution in [-0.4, -0.2) is 52.9 Å². The van der Waals surface area contributed by atoms with Gasteiger partial charge in [-0.05, 0) is 18.2 Å². The fraction of sp³-hybridized carbons (Fsp3) is 0.111. The number of benzene rings is 1. The molecule has 6 heteroatoms. The normalized spacial score (nSPS) is 8.87. The van der Waals surface area contributed by atoms with E-state index in [-0.39, 0.29) is 40.7 Å². The first kappa shape index (κ1) is 14.5. The molecule has 0 fully saturated rings. The summed E-state index contributed by atoms with van der Waals surface area (Å²) < 4.78 is 4.65. The van der Waals surface area contributed by atoms with Crippen molar-refractivity contribution in [1.29, 1.82) is 0 Å². The summed E-state index contributed by atoms with van der Waals surface area (Å²) in [6, 6.07) is 5.70. The van der Waals surface area contributed by atoms with Gasteiger partial charge >= 0.3 is 41.5 Å². The van der Waals surface area contributed by atoms with Crippen molar-refractivity contribution in [2.24, 2.45) is 0 Å². The van der Waals surface area contributed by atoms with Gasteiger partial charge in [0, 0.05) is 6.26 Å². The van der Waals surface area contributed by atoms with Crippen molar-refractivity contribution in [2.75, 3.05) is 6.26 Å². The van der Waals surface area contributed by atoms with Gasteiger partial charge in [-0.1, -0.05) is 6.07 Å². The number of carboxylic acid groups (broad SMARTS) is 1. The maximum absolute atomic E-state index is 11.2. The van der Waals surface area contributed by atoms with E-state index in [4.69, 9.17) is 5.11 Å². The van der Waals surface area contributed by atoms with Crippen LogP contribution in [0, 0.1) is 0 Å². The van der Waals surface area contributed by atoms with Gasteiger partial charge in [0.25, 0.3) is 0 Å². The minimum atomic E-state index is -1.07. The molecule has 0 saturated heterocycles. The van der Waals surface area contributed by atoms with Crippen molar-refractivity contribution in [3.8, 4) is 0 Å². The molecule has 0 aliphatic rings. The second-order valence-corrected chi connectivity index (χ2v) is 2.92. The molecule has 0 heterocycles. The van der Waals surface area contributed by atoms with Crippen LogP contribution < -0.4 is 0 Å². The summed E-state index contributed by atoms with van der Waals surface area (Å²) >= 11 is 0.922. The number of rotatable bonds is 3. The predicted molar refractivity (Wildman–Crippen MR) is 59.5 cm³/mol. The molecule has 0 amide bonds. The second kappa shape index (κ2) is 6.90. The molecule has 0 atom stereocenters. The van der Waals surface area contributed by atoms with Crippen LogP contribution in [0.15, 0.2) is 24.3 Å². The summed E-state index contributed by atoms with van der Waals surface area (Å²) in [6.45, 7) is 0. The molecular weight excluding hydrogens is 227 g/mol. The van der Waals surface area contributed by atoms with Crippen molar-refractivity contribution in [3.05, 3.63) is 35.4 Å². The summed E-state index contributed by atoms with van der Waals surface area (Å²) in [5.41, 5.74) is 0.305. The van der Waals surface area contributed by atoms with Gasteiger partial charge in [0.1, 0.15) is 0 Å². The van der Waals surface area contributed by atoms with Crippen molar-refractivity contribution in [3.63, 3.8) is 0 Å². The molecule has 76 valence electrons. The van der Waals surface area contributed by atoms with E-state index in [1.54, 1.807) is 6.26 Å². The fourth-order valence-corrected chi connectivity index (χ4v) is 1.15. The Bertz CT molecular complexity index is 367. The Kier molecular flexibility index (Phi) is 6.67. The second-order valence-electron chi connectivity index (χ2n) is 2.42. The summed E-state index contributed by atoms with van der Waals surface area (Å²) in [6.07, 6.45) is 1.61. The summed E-state index contributed by atoms with van der Waals surface area (Å²) in [5, 5.41) is 8.66. The van der Waals surface area contributed by atoms with E-state index in [1.807, 2.05) is 0 Å². The molecule has 0 radical (unpaired) electrons. The Balaban J connectivity index is 0.00000196. The van der Waals surface area contributed by atoms with Crippen molar-refractivity contribution in [1.82, 2.24) is 0 Å². The van der Waals surface area contributed by atoms with Crippen LogP contribution in [0.3, 0.4) is 0 Å². The summed E-state index contributed by atoms with van der Waals surface area (Å²) in [5.74, 6) is -1.61. The van der Waals surface area contributed by atoms with Crippen LogP contribution in [0.4, 0.5) is 0 Å². The van der Waals surface area contributed by atoms with Crippen LogP contribution in [0.25, 0.3) is 0 Å². The van der Waals surface area contributed by atoms with Crippen LogP contribution in [0.1, 0.15) is 20.7 Å². The number of hydrogen-bond acceptors (Lipinski definition) is 4. The number of aromatic carboxylic acids is 1. The Morgan fingerprint density at radius 2 is 1.93 bits per heavy atom. The quantitative estimate of drug-likeness (QED) is 0.630. The Morgan fingerprint density at radius 1 is 1.33 bits per heavy atom. The van der Waals surface area contributed by atoms with Crippen molar-refractivity contribution in [2.45, 2.75) is 0 Å². The van der Waals surface area contributed by atoms with E-state index in [0.29, 0.717) is 0 Å². The molecule has 1 rings (SSSR count). The van der Waals surface area contributed by atoms with Gasteiger partial charge in [-0.2, -0.15) is 0 Å². The SMILES string of the molecule is CSOC(=O)c1cccc(C(=O)O)c1.[NaH]. The number of carbonyl (C=O) groups is 2. The molecule has 0 aliphatic carbocycles. The molecular formula is C9H9NaO4S. The monoisotopic (exact) mass is 236 g/mol. The molecule has 0 unspecified atom stereocenters. The topological polar surface area (TPSA) is 63.6 Å². The van der Waals surface area contributed by atoms with Gasteiger partial charge < -0.3 is 9.29 Å². The van der Waals surface area contributed by atoms with Crippen molar-refractivity contribution < 1.29 is 18.9 Å². The first-order valence-corrected chi connectivity index (χ1v) is 4.88. The molecule has 1 aromatic rings.